The molecule has 76 valence electrons. The van der Waals surface area contributed by atoms with E-state index in [9.17, 15) is 4.79 Å². The summed E-state index contributed by atoms with van der Waals surface area (Å²) in [6.45, 7) is 5.90. The summed E-state index contributed by atoms with van der Waals surface area (Å²) in [4.78, 5) is 10.6. The monoisotopic (exact) mass is 186 g/mol. The van der Waals surface area contributed by atoms with Crippen LogP contribution in [0.2, 0.25) is 0 Å². The SMILES string of the molecule is CC(C)(C)OC1(CC(=O)O)CCC1. The lowest BCUT2D eigenvalue weighted by molar-refractivity contribution is -0.184. The maximum Gasteiger partial charge on any atom is 0.306 e. The smallest absolute Gasteiger partial charge is 0.306 e. The van der Waals surface area contributed by atoms with E-state index >= 15 is 0 Å². The van der Waals surface area contributed by atoms with Crippen molar-refractivity contribution in [2.75, 3.05) is 0 Å². The molecule has 0 atom stereocenters. The predicted octanol–water partition coefficient (Wildman–Crippen LogP) is 2.20. The van der Waals surface area contributed by atoms with Crippen molar-refractivity contribution in [3.8, 4) is 0 Å². The Balaban J connectivity index is 2.55. The first kappa shape index (κ1) is 10.5. The van der Waals surface area contributed by atoms with Gasteiger partial charge in [-0.3, -0.25) is 4.79 Å². The van der Waals surface area contributed by atoms with Crippen molar-refractivity contribution in [2.45, 2.75) is 57.7 Å². The first-order valence-electron chi connectivity index (χ1n) is 4.75. The van der Waals surface area contributed by atoms with E-state index in [1.54, 1.807) is 0 Å². The molecule has 1 saturated carbocycles. The quantitative estimate of drug-likeness (QED) is 0.735. The summed E-state index contributed by atoms with van der Waals surface area (Å²) in [7, 11) is 0. The first-order chi connectivity index (χ1) is 5.83. The van der Waals surface area contributed by atoms with Crippen LogP contribution < -0.4 is 0 Å². The molecule has 0 bridgehead atoms. The zero-order valence-electron chi connectivity index (χ0n) is 8.59. The maximum atomic E-state index is 10.6. The van der Waals surface area contributed by atoms with Gasteiger partial charge in [0.25, 0.3) is 0 Å². The van der Waals surface area contributed by atoms with E-state index < -0.39 is 5.97 Å². The molecule has 3 heteroatoms. The Morgan fingerprint density at radius 1 is 1.46 bits per heavy atom. The van der Waals surface area contributed by atoms with Gasteiger partial charge in [0.05, 0.1) is 17.6 Å². The lowest BCUT2D eigenvalue weighted by Gasteiger charge is -2.45. The zero-order valence-corrected chi connectivity index (χ0v) is 8.59. The van der Waals surface area contributed by atoms with Crippen LogP contribution in [0.5, 0.6) is 0 Å². The fourth-order valence-corrected chi connectivity index (χ4v) is 1.81. The topological polar surface area (TPSA) is 46.5 Å². The molecule has 0 radical (unpaired) electrons. The van der Waals surface area contributed by atoms with Gasteiger partial charge in [-0.25, -0.2) is 0 Å². The van der Waals surface area contributed by atoms with Gasteiger partial charge in [-0.05, 0) is 40.0 Å². The number of hydrogen-bond donors (Lipinski definition) is 1. The number of aliphatic carboxylic acids is 1. The van der Waals surface area contributed by atoms with Crippen molar-refractivity contribution in [1.82, 2.24) is 0 Å². The molecule has 0 aromatic heterocycles. The van der Waals surface area contributed by atoms with E-state index in [1.807, 2.05) is 20.8 Å². The zero-order chi connectivity index (χ0) is 10.1. The Labute approximate surface area is 79.1 Å². The molecule has 0 aromatic carbocycles. The van der Waals surface area contributed by atoms with Crippen LogP contribution in [0.15, 0.2) is 0 Å². The van der Waals surface area contributed by atoms with Crippen LogP contribution in [-0.2, 0) is 9.53 Å². The minimum absolute atomic E-state index is 0.143. The summed E-state index contributed by atoms with van der Waals surface area (Å²) in [6, 6.07) is 0. The normalized spacial score (nSPS) is 20.8. The van der Waals surface area contributed by atoms with Crippen molar-refractivity contribution < 1.29 is 14.6 Å². The molecule has 0 aliphatic heterocycles. The van der Waals surface area contributed by atoms with E-state index in [2.05, 4.69) is 0 Å². The fourth-order valence-electron chi connectivity index (χ4n) is 1.81. The van der Waals surface area contributed by atoms with Crippen LogP contribution >= 0.6 is 0 Å². The predicted molar refractivity (Wildman–Crippen MR) is 49.7 cm³/mol. The number of rotatable bonds is 3. The Hall–Kier alpha value is -0.570. The molecule has 0 spiro atoms. The number of carboxylic acid groups (broad SMARTS) is 1. The Morgan fingerprint density at radius 3 is 2.23 bits per heavy atom. The second kappa shape index (κ2) is 3.29. The third-order valence-corrected chi connectivity index (χ3v) is 2.26. The molecule has 3 nitrogen and oxygen atoms in total. The molecular weight excluding hydrogens is 168 g/mol. The highest BCUT2D eigenvalue weighted by Crippen LogP contribution is 2.41. The van der Waals surface area contributed by atoms with Gasteiger partial charge in [-0.15, -0.1) is 0 Å². The van der Waals surface area contributed by atoms with Gasteiger partial charge >= 0.3 is 5.97 Å². The van der Waals surface area contributed by atoms with Crippen LogP contribution in [0.4, 0.5) is 0 Å². The van der Waals surface area contributed by atoms with E-state index in [4.69, 9.17) is 9.84 Å². The van der Waals surface area contributed by atoms with Crippen molar-refractivity contribution in [3.63, 3.8) is 0 Å². The summed E-state index contributed by atoms with van der Waals surface area (Å²) in [5.74, 6) is -0.760. The molecule has 0 aromatic rings. The van der Waals surface area contributed by atoms with Gasteiger partial charge in [0.1, 0.15) is 0 Å². The summed E-state index contributed by atoms with van der Waals surface area (Å²) >= 11 is 0. The van der Waals surface area contributed by atoms with E-state index in [0.29, 0.717) is 0 Å². The minimum Gasteiger partial charge on any atom is -0.481 e. The van der Waals surface area contributed by atoms with Crippen LogP contribution in [0.25, 0.3) is 0 Å². The summed E-state index contributed by atoms with van der Waals surface area (Å²) in [6.07, 6.45) is 3.00. The van der Waals surface area contributed by atoms with Crippen molar-refractivity contribution in [2.24, 2.45) is 0 Å². The van der Waals surface area contributed by atoms with Gasteiger partial charge in [-0.1, -0.05) is 0 Å². The van der Waals surface area contributed by atoms with Gasteiger partial charge in [0, 0.05) is 0 Å². The molecule has 1 rings (SSSR count). The fraction of sp³-hybridized carbons (Fsp3) is 0.900. The van der Waals surface area contributed by atoms with Crippen LogP contribution in [0.1, 0.15) is 46.5 Å². The first-order valence-corrected chi connectivity index (χ1v) is 4.75. The molecule has 0 heterocycles. The Bertz CT molecular complexity index is 199. The highest BCUT2D eigenvalue weighted by atomic mass is 16.5. The van der Waals surface area contributed by atoms with Gasteiger partial charge in [0.2, 0.25) is 0 Å². The largest absolute Gasteiger partial charge is 0.481 e. The van der Waals surface area contributed by atoms with E-state index in [1.165, 1.54) is 0 Å². The average molecular weight is 186 g/mol. The average Bonchev–Trinajstić information content (AvgIpc) is 1.78. The molecule has 1 aliphatic carbocycles. The summed E-state index contributed by atoms with van der Waals surface area (Å²) in [5.41, 5.74) is -0.611. The van der Waals surface area contributed by atoms with E-state index in [0.717, 1.165) is 19.3 Å². The Morgan fingerprint density at radius 2 is 2.00 bits per heavy atom. The maximum absolute atomic E-state index is 10.6. The number of carboxylic acids is 1. The summed E-state index contributed by atoms with van der Waals surface area (Å²) in [5, 5.41) is 8.73. The van der Waals surface area contributed by atoms with Gasteiger partial charge in [0.15, 0.2) is 0 Å². The van der Waals surface area contributed by atoms with Crippen LogP contribution in [0, 0.1) is 0 Å². The molecule has 0 saturated heterocycles. The standard InChI is InChI=1S/C10H18O3/c1-9(2,3)13-10(5-4-6-10)7-8(11)12/h4-7H2,1-3H3,(H,11,12). The molecule has 0 amide bonds. The second-order valence-corrected chi connectivity index (χ2v) is 4.82. The third kappa shape index (κ3) is 2.99. The van der Waals surface area contributed by atoms with Crippen molar-refractivity contribution in [1.29, 1.82) is 0 Å². The molecule has 1 N–H and O–H groups in total. The molecule has 13 heavy (non-hydrogen) atoms. The second-order valence-electron chi connectivity index (χ2n) is 4.82. The highest BCUT2D eigenvalue weighted by molar-refractivity contribution is 5.68. The van der Waals surface area contributed by atoms with Crippen molar-refractivity contribution >= 4 is 5.97 Å². The number of carbonyl (C=O) groups is 1. The van der Waals surface area contributed by atoms with Crippen LogP contribution in [-0.4, -0.2) is 22.3 Å². The summed E-state index contributed by atoms with van der Waals surface area (Å²) < 4.78 is 5.79. The van der Waals surface area contributed by atoms with Crippen LogP contribution in [0.3, 0.4) is 0 Å². The Kier molecular flexibility index (Phi) is 2.66. The lowest BCUT2D eigenvalue weighted by atomic mass is 9.77. The highest BCUT2D eigenvalue weighted by Gasteiger charge is 2.42. The number of hydrogen-bond acceptors (Lipinski definition) is 2. The number of ether oxygens (including phenoxy) is 1. The van der Waals surface area contributed by atoms with Gasteiger partial charge < -0.3 is 9.84 Å². The lowest BCUT2D eigenvalue weighted by Crippen LogP contribution is -2.47. The molecular formula is C10H18O3. The molecule has 1 aliphatic rings. The molecule has 0 unspecified atom stereocenters. The molecule has 1 fully saturated rings. The third-order valence-electron chi connectivity index (χ3n) is 2.26. The van der Waals surface area contributed by atoms with Gasteiger partial charge in [-0.2, -0.15) is 0 Å². The minimum atomic E-state index is -0.760. The van der Waals surface area contributed by atoms with Crippen molar-refractivity contribution in [3.05, 3.63) is 0 Å². The van der Waals surface area contributed by atoms with E-state index in [-0.39, 0.29) is 17.6 Å².